The highest BCUT2D eigenvalue weighted by Crippen LogP contribution is 2.11. The summed E-state index contributed by atoms with van der Waals surface area (Å²) in [5.74, 6) is -0.721. The molecule has 12 heavy (non-hydrogen) atoms. The van der Waals surface area contributed by atoms with Crippen LogP contribution < -0.4 is 0 Å². The second-order valence-corrected chi connectivity index (χ2v) is 3.53. The van der Waals surface area contributed by atoms with Crippen molar-refractivity contribution >= 4 is 11.8 Å². The molecule has 1 N–H and O–H groups in total. The Bertz CT molecular complexity index is 173. The minimum atomic E-state index is -0.834. The lowest BCUT2D eigenvalue weighted by Gasteiger charge is -2.08. The largest absolute Gasteiger partial charge is 0.481 e. The summed E-state index contributed by atoms with van der Waals surface area (Å²) in [6.45, 7) is 5.44. The van der Waals surface area contributed by atoms with Crippen LogP contribution in [0.2, 0.25) is 0 Å². The number of carboxylic acid groups (broad SMARTS) is 1. The van der Waals surface area contributed by atoms with Gasteiger partial charge in [-0.15, -0.1) is 0 Å². The Morgan fingerprint density at radius 3 is 2.00 bits per heavy atom. The first-order valence-electron chi connectivity index (χ1n) is 4.18. The summed E-state index contributed by atoms with van der Waals surface area (Å²) in [4.78, 5) is 21.4. The second-order valence-electron chi connectivity index (χ2n) is 3.53. The molecule has 0 aromatic carbocycles. The third kappa shape index (κ3) is 4.88. The molecule has 0 aliphatic carbocycles. The summed E-state index contributed by atoms with van der Waals surface area (Å²) < 4.78 is 0. The standard InChI is InChI=1S/C9H16O3/c1-6(2)8(10)4-7(3)5-9(11)12/h6-7H,4-5H2,1-3H3,(H,11,12). The van der Waals surface area contributed by atoms with E-state index in [0.29, 0.717) is 6.42 Å². The molecule has 0 spiro atoms. The molecular formula is C9H16O3. The lowest BCUT2D eigenvalue weighted by molar-refractivity contribution is -0.138. The first-order valence-corrected chi connectivity index (χ1v) is 4.18. The van der Waals surface area contributed by atoms with Crippen LogP contribution in [0.4, 0.5) is 0 Å². The highest BCUT2D eigenvalue weighted by Gasteiger charge is 2.14. The van der Waals surface area contributed by atoms with Crippen molar-refractivity contribution in [1.82, 2.24) is 0 Å². The molecule has 0 aliphatic rings. The summed E-state index contributed by atoms with van der Waals surface area (Å²) in [6.07, 6.45) is 0.461. The van der Waals surface area contributed by atoms with Crippen molar-refractivity contribution in [3.63, 3.8) is 0 Å². The third-order valence-electron chi connectivity index (χ3n) is 1.72. The van der Waals surface area contributed by atoms with Crippen LogP contribution in [0.1, 0.15) is 33.6 Å². The topological polar surface area (TPSA) is 54.4 Å². The average Bonchev–Trinajstić information content (AvgIpc) is 1.84. The Balaban J connectivity index is 3.76. The van der Waals surface area contributed by atoms with Gasteiger partial charge in [0.1, 0.15) is 5.78 Å². The van der Waals surface area contributed by atoms with Crippen molar-refractivity contribution in [3.05, 3.63) is 0 Å². The van der Waals surface area contributed by atoms with Crippen molar-refractivity contribution in [1.29, 1.82) is 0 Å². The van der Waals surface area contributed by atoms with Gasteiger partial charge in [-0.05, 0) is 5.92 Å². The molecule has 0 radical (unpaired) electrons. The van der Waals surface area contributed by atoms with Gasteiger partial charge in [0, 0.05) is 18.8 Å². The maximum absolute atomic E-state index is 11.1. The molecule has 0 amide bonds. The molecule has 70 valence electrons. The Morgan fingerprint density at radius 2 is 1.67 bits per heavy atom. The van der Waals surface area contributed by atoms with Crippen LogP contribution in [0.3, 0.4) is 0 Å². The molecule has 3 nitrogen and oxygen atoms in total. The van der Waals surface area contributed by atoms with Crippen molar-refractivity contribution in [2.24, 2.45) is 11.8 Å². The Labute approximate surface area is 72.8 Å². The molecule has 3 heteroatoms. The maximum atomic E-state index is 11.1. The molecular weight excluding hydrogens is 156 g/mol. The molecule has 0 fully saturated rings. The van der Waals surface area contributed by atoms with E-state index in [1.54, 1.807) is 6.92 Å². The van der Waals surface area contributed by atoms with E-state index >= 15 is 0 Å². The number of aliphatic carboxylic acids is 1. The second kappa shape index (κ2) is 4.91. The van der Waals surface area contributed by atoms with E-state index in [1.807, 2.05) is 13.8 Å². The number of carbonyl (C=O) groups is 2. The molecule has 0 rings (SSSR count). The van der Waals surface area contributed by atoms with Crippen LogP contribution in [0, 0.1) is 11.8 Å². The minimum Gasteiger partial charge on any atom is -0.481 e. The van der Waals surface area contributed by atoms with Crippen molar-refractivity contribution < 1.29 is 14.7 Å². The summed E-state index contributed by atoms with van der Waals surface area (Å²) >= 11 is 0. The summed E-state index contributed by atoms with van der Waals surface area (Å²) in [5.41, 5.74) is 0. The van der Waals surface area contributed by atoms with Crippen LogP contribution in [0.25, 0.3) is 0 Å². The quantitative estimate of drug-likeness (QED) is 0.686. The first-order chi connectivity index (χ1) is 5.43. The Morgan fingerprint density at radius 1 is 1.17 bits per heavy atom. The number of ketones is 1. The van der Waals surface area contributed by atoms with E-state index in [0.717, 1.165) is 0 Å². The van der Waals surface area contributed by atoms with E-state index in [-0.39, 0.29) is 24.0 Å². The molecule has 0 saturated heterocycles. The van der Waals surface area contributed by atoms with Crippen molar-refractivity contribution in [2.75, 3.05) is 0 Å². The highest BCUT2D eigenvalue weighted by molar-refractivity contribution is 5.81. The van der Waals surface area contributed by atoms with Crippen LogP contribution in [-0.4, -0.2) is 16.9 Å². The lowest BCUT2D eigenvalue weighted by Crippen LogP contribution is -2.14. The van der Waals surface area contributed by atoms with E-state index in [9.17, 15) is 9.59 Å². The number of Topliss-reactive ketones (excluding diaryl/α,β-unsaturated/α-hetero) is 1. The van der Waals surface area contributed by atoms with Gasteiger partial charge in [-0.1, -0.05) is 20.8 Å². The van der Waals surface area contributed by atoms with E-state index in [4.69, 9.17) is 5.11 Å². The lowest BCUT2D eigenvalue weighted by atomic mass is 9.96. The van der Waals surface area contributed by atoms with E-state index in [2.05, 4.69) is 0 Å². The number of carbonyl (C=O) groups excluding carboxylic acids is 1. The van der Waals surface area contributed by atoms with Crippen molar-refractivity contribution in [3.8, 4) is 0 Å². The molecule has 0 heterocycles. The molecule has 0 aromatic rings. The van der Waals surface area contributed by atoms with Crippen LogP contribution in [-0.2, 0) is 9.59 Å². The van der Waals surface area contributed by atoms with Gasteiger partial charge in [0.15, 0.2) is 0 Å². The average molecular weight is 172 g/mol. The van der Waals surface area contributed by atoms with Gasteiger partial charge in [0.05, 0.1) is 0 Å². The zero-order valence-corrected chi connectivity index (χ0v) is 7.83. The fourth-order valence-electron chi connectivity index (χ4n) is 0.949. The van der Waals surface area contributed by atoms with Gasteiger partial charge in [0.25, 0.3) is 0 Å². The van der Waals surface area contributed by atoms with E-state index < -0.39 is 5.97 Å². The Kier molecular flexibility index (Phi) is 4.55. The van der Waals surface area contributed by atoms with Crippen molar-refractivity contribution in [2.45, 2.75) is 33.6 Å². The van der Waals surface area contributed by atoms with E-state index in [1.165, 1.54) is 0 Å². The van der Waals surface area contributed by atoms with Gasteiger partial charge in [-0.25, -0.2) is 0 Å². The highest BCUT2D eigenvalue weighted by atomic mass is 16.4. The summed E-state index contributed by atoms with van der Waals surface area (Å²) in [6, 6.07) is 0. The number of rotatable bonds is 5. The third-order valence-corrected chi connectivity index (χ3v) is 1.72. The predicted octanol–water partition coefficient (Wildman–Crippen LogP) is 1.71. The molecule has 1 atom stereocenters. The fourth-order valence-corrected chi connectivity index (χ4v) is 0.949. The number of carboxylic acids is 1. The molecule has 1 unspecified atom stereocenters. The molecule has 0 bridgehead atoms. The van der Waals surface area contributed by atoms with Gasteiger partial charge in [-0.2, -0.15) is 0 Å². The smallest absolute Gasteiger partial charge is 0.303 e. The zero-order chi connectivity index (χ0) is 9.72. The van der Waals surface area contributed by atoms with Crippen LogP contribution in [0.5, 0.6) is 0 Å². The first kappa shape index (κ1) is 11.1. The number of hydrogen-bond acceptors (Lipinski definition) is 2. The van der Waals surface area contributed by atoms with Gasteiger partial charge >= 0.3 is 5.97 Å². The molecule has 0 aliphatic heterocycles. The predicted molar refractivity (Wildman–Crippen MR) is 45.9 cm³/mol. The molecule has 0 saturated carbocycles. The van der Waals surface area contributed by atoms with Gasteiger partial charge in [0.2, 0.25) is 0 Å². The zero-order valence-electron chi connectivity index (χ0n) is 7.83. The maximum Gasteiger partial charge on any atom is 0.303 e. The normalized spacial score (nSPS) is 13.0. The Hall–Kier alpha value is -0.860. The fraction of sp³-hybridized carbons (Fsp3) is 0.778. The number of hydrogen-bond donors (Lipinski definition) is 1. The monoisotopic (exact) mass is 172 g/mol. The summed E-state index contributed by atoms with van der Waals surface area (Å²) in [7, 11) is 0. The minimum absolute atomic E-state index is 0.0150. The van der Waals surface area contributed by atoms with Gasteiger partial charge < -0.3 is 5.11 Å². The van der Waals surface area contributed by atoms with Gasteiger partial charge in [-0.3, -0.25) is 9.59 Å². The van der Waals surface area contributed by atoms with Crippen LogP contribution in [0.15, 0.2) is 0 Å². The van der Waals surface area contributed by atoms with Crippen LogP contribution >= 0.6 is 0 Å². The summed E-state index contributed by atoms with van der Waals surface area (Å²) in [5, 5.41) is 8.42. The SMILES string of the molecule is CC(CC(=O)O)CC(=O)C(C)C. The molecule has 0 aromatic heterocycles.